The third kappa shape index (κ3) is 3.91. The molecule has 1 atom stereocenters. The first-order chi connectivity index (χ1) is 11.9. The van der Waals surface area contributed by atoms with Crippen LogP contribution in [0.3, 0.4) is 0 Å². The number of benzene rings is 2. The second-order valence-corrected chi connectivity index (χ2v) is 8.14. The summed E-state index contributed by atoms with van der Waals surface area (Å²) < 4.78 is 45.1. The molecule has 0 aromatic heterocycles. The van der Waals surface area contributed by atoms with E-state index in [2.05, 4.69) is 20.7 Å². The Balaban J connectivity index is 1.87. The molecule has 0 saturated heterocycles. The van der Waals surface area contributed by atoms with Gasteiger partial charge in [0, 0.05) is 10.5 Å². The molecule has 0 radical (unpaired) electrons. The van der Waals surface area contributed by atoms with Crippen molar-refractivity contribution in [3.8, 4) is 17.2 Å². The summed E-state index contributed by atoms with van der Waals surface area (Å²) in [6.45, 7) is 2.76. The SMILES string of the molecule is COc1ccc(Br)cc1S(=O)(=O)N[C@@H](C)c1ccc2c(c1)OCCO2. The summed E-state index contributed by atoms with van der Waals surface area (Å²) >= 11 is 3.29. The van der Waals surface area contributed by atoms with Crippen LogP contribution in [0.25, 0.3) is 0 Å². The second kappa shape index (κ2) is 7.23. The van der Waals surface area contributed by atoms with Crippen LogP contribution in [0.5, 0.6) is 17.2 Å². The van der Waals surface area contributed by atoms with Crippen LogP contribution in [0, 0.1) is 0 Å². The lowest BCUT2D eigenvalue weighted by Crippen LogP contribution is -2.27. The zero-order valence-corrected chi connectivity index (χ0v) is 16.2. The third-order valence-electron chi connectivity index (χ3n) is 3.81. The van der Waals surface area contributed by atoms with Gasteiger partial charge in [0.05, 0.1) is 7.11 Å². The van der Waals surface area contributed by atoms with Gasteiger partial charge < -0.3 is 14.2 Å². The van der Waals surface area contributed by atoms with Crippen LogP contribution in [-0.2, 0) is 10.0 Å². The first-order valence-electron chi connectivity index (χ1n) is 7.66. The average Bonchev–Trinajstić information content (AvgIpc) is 2.61. The molecule has 0 bridgehead atoms. The molecule has 1 N–H and O–H groups in total. The maximum atomic E-state index is 12.8. The van der Waals surface area contributed by atoms with E-state index in [4.69, 9.17) is 14.2 Å². The van der Waals surface area contributed by atoms with Crippen molar-refractivity contribution in [2.75, 3.05) is 20.3 Å². The average molecular weight is 428 g/mol. The minimum Gasteiger partial charge on any atom is -0.495 e. The zero-order chi connectivity index (χ0) is 18.0. The maximum absolute atomic E-state index is 12.8. The monoisotopic (exact) mass is 427 g/mol. The molecule has 134 valence electrons. The summed E-state index contributed by atoms with van der Waals surface area (Å²) in [5.41, 5.74) is 0.779. The molecule has 0 fully saturated rings. The number of rotatable bonds is 5. The molecule has 1 heterocycles. The molecule has 1 aliphatic rings. The predicted octanol–water partition coefficient (Wildman–Crippen LogP) is 3.27. The lowest BCUT2D eigenvalue weighted by molar-refractivity contribution is 0.171. The highest BCUT2D eigenvalue weighted by molar-refractivity contribution is 9.10. The molecule has 3 rings (SSSR count). The van der Waals surface area contributed by atoms with Crippen LogP contribution >= 0.6 is 15.9 Å². The van der Waals surface area contributed by atoms with Gasteiger partial charge in [0.15, 0.2) is 11.5 Å². The minimum atomic E-state index is -3.77. The van der Waals surface area contributed by atoms with E-state index in [0.29, 0.717) is 29.2 Å². The van der Waals surface area contributed by atoms with Crippen molar-refractivity contribution in [1.82, 2.24) is 4.72 Å². The van der Waals surface area contributed by atoms with Crippen molar-refractivity contribution < 1.29 is 22.6 Å². The van der Waals surface area contributed by atoms with Crippen molar-refractivity contribution >= 4 is 26.0 Å². The quantitative estimate of drug-likeness (QED) is 0.792. The molecule has 0 aliphatic carbocycles. The van der Waals surface area contributed by atoms with Gasteiger partial charge in [-0.05, 0) is 42.8 Å². The molecular weight excluding hydrogens is 410 g/mol. The van der Waals surface area contributed by atoms with Gasteiger partial charge in [0.2, 0.25) is 10.0 Å². The van der Waals surface area contributed by atoms with Crippen molar-refractivity contribution in [3.63, 3.8) is 0 Å². The number of methoxy groups -OCH3 is 1. The third-order valence-corrected chi connectivity index (χ3v) is 5.87. The van der Waals surface area contributed by atoms with Gasteiger partial charge in [-0.3, -0.25) is 0 Å². The molecule has 0 amide bonds. The van der Waals surface area contributed by atoms with Crippen molar-refractivity contribution in [2.24, 2.45) is 0 Å². The van der Waals surface area contributed by atoms with Gasteiger partial charge in [0.25, 0.3) is 0 Å². The summed E-state index contributed by atoms with van der Waals surface area (Å²) in [5, 5.41) is 0. The standard InChI is InChI=1S/C17H18BrNO5S/c1-11(12-3-5-14-16(9-12)24-8-7-23-14)19-25(20,21)17-10-13(18)4-6-15(17)22-2/h3-6,9-11,19H,7-8H2,1-2H3/t11-/m0/s1. The fourth-order valence-electron chi connectivity index (χ4n) is 2.55. The molecule has 25 heavy (non-hydrogen) atoms. The summed E-state index contributed by atoms with van der Waals surface area (Å²) in [7, 11) is -2.33. The summed E-state index contributed by atoms with van der Waals surface area (Å²) in [6.07, 6.45) is 0. The zero-order valence-electron chi connectivity index (χ0n) is 13.8. The molecule has 0 saturated carbocycles. The Morgan fingerprint density at radius 1 is 1.12 bits per heavy atom. The Hall–Kier alpha value is -1.77. The van der Waals surface area contributed by atoms with Gasteiger partial charge in [-0.1, -0.05) is 22.0 Å². The van der Waals surface area contributed by atoms with Crippen molar-refractivity contribution in [1.29, 1.82) is 0 Å². The molecule has 2 aromatic rings. The minimum absolute atomic E-state index is 0.0776. The van der Waals surface area contributed by atoms with Crippen LogP contribution < -0.4 is 18.9 Å². The number of nitrogens with one attached hydrogen (secondary N) is 1. The highest BCUT2D eigenvalue weighted by Crippen LogP contribution is 2.33. The number of hydrogen-bond donors (Lipinski definition) is 1. The normalized spacial score (nSPS) is 14.8. The van der Waals surface area contributed by atoms with E-state index in [9.17, 15) is 8.42 Å². The van der Waals surface area contributed by atoms with E-state index in [1.807, 2.05) is 6.07 Å². The number of hydrogen-bond acceptors (Lipinski definition) is 5. The topological polar surface area (TPSA) is 73.9 Å². The fourth-order valence-corrected chi connectivity index (χ4v) is 4.49. The summed E-state index contributed by atoms with van der Waals surface area (Å²) in [4.78, 5) is 0.0776. The first-order valence-corrected chi connectivity index (χ1v) is 9.94. The van der Waals surface area contributed by atoms with Crippen molar-refractivity contribution in [3.05, 3.63) is 46.4 Å². The van der Waals surface area contributed by atoms with Gasteiger partial charge in [-0.15, -0.1) is 0 Å². The lowest BCUT2D eigenvalue weighted by atomic mass is 10.1. The van der Waals surface area contributed by atoms with Crippen LogP contribution in [0.4, 0.5) is 0 Å². The van der Waals surface area contributed by atoms with Gasteiger partial charge >= 0.3 is 0 Å². The molecule has 8 heteroatoms. The lowest BCUT2D eigenvalue weighted by Gasteiger charge is -2.21. The van der Waals surface area contributed by atoms with E-state index in [1.165, 1.54) is 13.2 Å². The van der Waals surface area contributed by atoms with Crippen LogP contribution in [0.2, 0.25) is 0 Å². The Morgan fingerprint density at radius 2 is 1.84 bits per heavy atom. The molecule has 2 aromatic carbocycles. The van der Waals surface area contributed by atoms with Gasteiger partial charge in [-0.2, -0.15) is 0 Å². The number of ether oxygens (including phenoxy) is 3. The van der Waals surface area contributed by atoms with E-state index >= 15 is 0 Å². The van der Waals surface area contributed by atoms with Crippen LogP contribution in [0.15, 0.2) is 45.8 Å². The molecule has 0 unspecified atom stereocenters. The largest absolute Gasteiger partial charge is 0.495 e. The number of halogens is 1. The molecule has 6 nitrogen and oxygen atoms in total. The number of sulfonamides is 1. The van der Waals surface area contributed by atoms with E-state index < -0.39 is 16.1 Å². The Labute approximate surface area is 155 Å². The van der Waals surface area contributed by atoms with Gasteiger partial charge in [0.1, 0.15) is 23.9 Å². The Morgan fingerprint density at radius 3 is 2.56 bits per heavy atom. The highest BCUT2D eigenvalue weighted by Gasteiger charge is 2.24. The van der Waals surface area contributed by atoms with Crippen molar-refractivity contribution in [2.45, 2.75) is 17.9 Å². The van der Waals surface area contributed by atoms with E-state index in [1.54, 1.807) is 31.2 Å². The fraction of sp³-hybridized carbons (Fsp3) is 0.294. The van der Waals surface area contributed by atoms with E-state index in [0.717, 1.165) is 5.56 Å². The summed E-state index contributed by atoms with van der Waals surface area (Å²) in [6, 6.07) is 9.78. The summed E-state index contributed by atoms with van der Waals surface area (Å²) in [5.74, 6) is 1.57. The smallest absolute Gasteiger partial charge is 0.244 e. The predicted molar refractivity (Wildman–Crippen MR) is 96.9 cm³/mol. The second-order valence-electron chi connectivity index (χ2n) is 5.54. The highest BCUT2D eigenvalue weighted by atomic mass is 79.9. The Kier molecular flexibility index (Phi) is 5.21. The van der Waals surface area contributed by atoms with Crippen LogP contribution in [-0.4, -0.2) is 28.7 Å². The first kappa shape index (κ1) is 18.0. The molecular formula is C17H18BrNO5S. The van der Waals surface area contributed by atoms with Gasteiger partial charge in [-0.25, -0.2) is 13.1 Å². The van der Waals surface area contributed by atoms with E-state index in [-0.39, 0.29) is 10.6 Å². The maximum Gasteiger partial charge on any atom is 0.244 e. The molecule has 0 spiro atoms. The number of fused-ring (bicyclic) bond motifs is 1. The van der Waals surface area contributed by atoms with Crippen LogP contribution in [0.1, 0.15) is 18.5 Å². The molecule has 1 aliphatic heterocycles. The Bertz CT molecular complexity index is 885.